The predicted octanol–water partition coefficient (Wildman–Crippen LogP) is 5.34. The number of aromatic nitrogens is 2. The number of nitriles is 1. The van der Waals surface area contributed by atoms with Gasteiger partial charge in [-0.15, -0.1) is 0 Å². The van der Waals surface area contributed by atoms with Gasteiger partial charge >= 0.3 is 6.09 Å². The minimum absolute atomic E-state index is 0.156. The molecule has 0 radical (unpaired) electrons. The second-order valence-electron chi connectivity index (χ2n) is 10.6. The number of aromatic hydroxyl groups is 2. The van der Waals surface area contributed by atoms with Crippen molar-refractivity contribution in [2.75, 3.05) is 20.7 Å². The van der Waals surface area contributed by atoms with Gasteiger partial charge in [-0.25, -0.2) is 9.78 Å². The van der Waals surface area contributed by atoms with E-state index >= 15 is 0 Å². The van der Waals surface area contributed by atoms with E-state index in [1.54, 1.807) is 45.3 Å². The fourth-order valence-corrected chi connectivity index (χ4v) is 6.16. The number of hydrogen-bond acceptors (Lipinski definition) is 8. The van der Waals surface area contributed by atoms with E-state index in [2.05, 4.69) is 11.1 Å². The highest BCUT2D eigenvalue weighted by Gasteiger charge is 2.67. The first kappa shape index (κ1) is 26.7. The van der Waals surface area contributed by atoms with Crippen LogP contribution in [0.15, 0.2) is 54.7 Å². The molecule has 10 nitrogen and oxygen atoms in total. The molecule has 2 N–H and O–H groups in total. The minimum atomic E-state index is -1.26. The number of carbonyl (C=O) groups excluding carboxylic acids is 1. The molecule has 2 bridgehead atoms. The minimum Gasteiger partial charge on any atom is -0.494 e. The molecular weight excluding hydrogens is 548 g/mol. The monoisotopic (exact) mass is 574 g/mol. The summed E-state index contributed by atoms with van der Waals surface area (Å²) < 4.78 is 19.7. The third-order valence-corrected chi connectivity index (χ3v) is 8.16. The van der Waals surface area contributed by atoms with Crippen molar-refractivity contribution in [3.05, 3.63) is 76.4 Å². The summed E-state index contributed by atoms with van der Waals surface area (Å²) in [6.07, 6.45) is 0.679. The number of benzene rings is 2. The van der Waals surface area contributed by atoms with Crippen molar-refractivity contribution in [2.45, 2.75) is 37.1 Å². The molecule has 2 aromatic carbocycles. The molecule has 2 aromatic heterocycles. The fraction of sp³-hybridized carbons (Fsp3) is 0.300. The van der Waals surface area contributed by atoms with Gasteiger partial charge < -0.3 is 29.3 Å². The topological polar surface area (TPSA) is 130 Å². The number of carbonyl (C=O) groups is 1. The number of ether oxygens (including phenoxy) is 3. The van der Waals surface area contributed by atoms with Crippen molar-refractivity contribution in [1.29, 1.82) is 5.26 Å². The van der Waals surface area contributed by atoms with E-state index in [-0.39, 0.29) is 31.2 Å². The third kappa shape index (κ3) is 4.04. The summed E-state index contributed by atoms with van der Waals surface area (Å²) in [7, 11) is 3.17. The highest BCUT2D eigenvalue weighted by atomic mass is 35.5. The Morgan fingerprint density at radius 2 is 1.90 bits per heavy atom. The number of amides is 1. The molecule has 1 amide bonds. The average molecular weight is 575 g/mol. The lowest BCUT2D eigenvalue weighted by molar-refractivity contribution is -0.109. The summed E-state index contributed by atoms with van der Waals surface area (Å²) in [6.45, 7) is 1.90. The Bertz CT molecular complexity index is 1730. The Labute approximate surface area is 240 Å². The van der Waals surface area contributed by atoms with Gasteiger partial charge in [0.1, 0.15) is 17.3 Å². The molecule has 41 heavy (non-hydrogen) atoms. The summed E-state index contributed by atoms with van der Waals surface area (Å²) >= 11 is 5.94. The standard InChI is InChI=1S/C30H27ClN4O6/c1-29-22(40-28(38)34(2)3)14-30(41-29,12-13-39-23-11-9-18(31)16-33-23)25-24(29)26(36)35(27(25)37)21-10-8-17(15-32)19-6-4-5-7-20(19)21/h4-11,16,22,36-37H,12-14H2,1-3H3/t22-,29-,30+/m0/s1. The highest BCUT2D eigenvalue weighted by Crippen LogP contribution is 2.66. The van der Waals surface area contributed by atoms with Gasteiger partial charge in [0.15, 0.2) is 0 Å². The maximum atomic E-state index is 12.6. The van der Waals surface area contributed by atoms with E-state index in [0.29, 0.717) is 44.1 Å². The third-order valence-electron chi connectivity index (χ3n) is 7.94. The van der Waals surface area contributed by atoms with E-state index in [0.717, 1.165) is 0 Å². The number of fused-ring (bicyclic) bond motifs is 6. The quantitative estimate of drug-likeness (QED) is 0.315. The van der Waals surface area contributed by atoms with E-state index in [4.69, 9.17) is 25.8 Å². The van der Waals surface area contributed by atoms with E-state index in [9.17, 15) is 20.3 Å². The zero-order chi connectivity index (χ0) is 29.1. The number of halogens is 1. The van der Waals surface area contributed by atoms with Gasteiger partial charge in [-0.1, -0.05) is 35.9 Å². The van der Waals surface area contributed by atoms with E-state index in [1.165, 1.54) is 15.7 Å². The van der Waals surface area contributed by atoms with Crippen LogP contribution in [-0.2, 0) is 20.7 Å². The van der Waals surface area contributed by atoms with Crippen molar-refractivity contribution in [3.63, 3.8) is 0 Å². The van der Waals surface area contributed by atoms with Crippen LogP contribution in [0.5, 0.6) is 17.6 Å². The lowest BCUT2D eigenvalue weighted by Gasteiger charge is -2.30. The Kier molecular flexibility index (Phi) is 6.25. The summed E-state index contributed by atoms with van der Waals surface area (Å²) in [5.74, 6) is -0.0604. The molecule has 1 saturated heterocycles. The van der Waals surface area contributed by atoms with Crippen LogP contribution >= 0.6 is 11.6 Å². The van der Waals surface area contributed by atoms with Crippen LogP contribution in [0.3, 0.4) is 0 Å². The van der Waals surface area contributed by atoms with Crippen molar-refractivity contribution in [2.24, 2.45) is 0 Å². The molecule has 11 heteroatoms. The molecule has 0 unspecified atom stereocenters. The molecule has 2 aliphatic heterocycles. The summed E-state index contributed by atoms with van der Waals surface area (Å²) in [4.78, 5) is 18.1. The van der Waals surface area contributed by atoms with Crippen LogP contribution in [0.25, 0.3) is 16.5 Å². The molecule has 1 fully saturated rings. The van der Waals surface area contributed by atoms with E-state index in [1.807, 2.05) is 24.3 Å². The van der Waals surface area contributed by atoms with Crippen LogP contribution in [0.2, 0.25) is 5.02 Å². The van der Waals surface area contributed by atoms with Crippen molar-refractivity contribution < 1.29 is 29.2 Å². The molecule has 0 saturated carbocycles. The first-order valence-electron chi connectivity index (χ1n) is 13.0. The molecule has 3 atom stereocenters. The molecule has 0 aliphatic carbocycles. The smallest absolute Gasteiger partial charge is 0.409 e. The zero-order valence-electron chi connectivity index (χ0n) is 22.6. The number of hydrogen-bond donors (Lipinski definition) is 2. The van der Waals surface area contributed by atoms with Gasteiger partial charge in [-0.3, -0.25) is 4.57 Å². The summed E-state index contributed by atoms with van der Waals surface area (Å²) in [6, 6.07) is 16.1. The Morgan fingerprint density at radius 1 is 1.17 bits per heavy atom. The van der Waals surface area contributed by atoms with Gasteiger partial charge in [0.05, 0.1) is 40.1 Å². The fourth-order valence-electron chi connectivity index (χ4n) is 6.05. The van der Waals surface area contributed by atoms with E-state index < -0.39 is 23.4 Å². The second-order valence-corrected chi connectivity index (χ2v) is 11.0. The van der Waals surface area contributed by atoms with Gasteiger partial charge in [0.25, 0.3) is 0 Å². The molecule has 4 aromatic rings. The lowest BCUT2D eigenvalue weighted by atomic mass is 9.76. The van der Waals surface area contributed by atoms with Crippen LogP contribution < -0.4 is 4.74 Å². The molecule has 2 aliphatic rings. The molecule has 210 valence electrons. The van der Waals surface area contributed by atoms with Crippen LogP contribution in [0.1, 0.15) is 36.5 Å². The van der Waals surface area contributed by atoms with Crippen molar-refractivity contribution in [1.82, 2.24) is 14.5 Å². The second kappa shape index (κ2) is 9.58. The number of nitrogens with zero attached hydrogens (tertiary/aromatic N) is 4. The van der Waals surface area contributed by atoms with Crippen molar-refractivity contribution in [3.8, 4) is 29.4 Å². The zero-order valence-corrected chi connectivity index (χ0v) is 23.3. The summed E-state index contributed by atoms with van der Waals surface area (Å²) in [5.41, 5.74) is -0.673. The van der Waals surface area contributed by atoms with Gasteiger partial charge in [0, 0.05) is 50.0 Å². The SMILES string of the molecule is CN(C)C(=O)O[C@H]1C[C@@]2(CCOc3ccc(Cl)cn3)O[C@]1(C)c1c2c(O)n(-c2ccc(C#N)c3ccccc23)c1O. The average Bonchev–Trinajstić information content (AvgIpc) is 3.50. The van der Waals surface area contributed by atoms with Crippen molar-refractivity contribution >= 4 is 28.5 Å². The predicted molar refractivity (Wildman–Crippen MR) is 149 cm³/mol. The maximum Gasteiger partial charge on any atom is 0.409 e. The Balaban J connectivity index is 1.47. The first-order chi connectivity index (χ1) is 19.6. The molecule has 6 rings (SSSR count). The molecule has 4 heterocycles. The maximum absolute atomic E-state index is 12.6. The first-order valence-corrected chi connectivity index (χ1v) is 13.4. The van der Waals surface area contributed by atoms with Gasteiger partial charge in [0.2, 0.25) is 17.6 Å². The summed E-state index contributed by atoms with van der Waals surface area (Å²) in [5, 5.41) is 34.9. The number of rotatable bonds is 6. The molecule has 0 spiro atoms. The highest BCUT2D eigenvalue weighted by molar-refractivity contribution is 6.30. The normalized spacial score (nSPS) is 22.4. The van der Waals surface area contributed by atoms with Gasteiger partial charge in [-0.2, -0.15) is 5.26 Å². The van der Waals surface area contributed by atoms with Crippen LogP contribution in [0, 0.1) is 11.3 Å². The Hall–Kier alpha value is -4.46. The molecular formula is C30H27ClN4O6. The van der Waals surface area contributed by atoms with Crippen LogP contribution in [0.4, 0.5) is 4.79 Å². The number of pyridine rings is 1. The lowest BCUT2D eigenvalue weighted by Crippen LogP contribution is -2.39. The Morgan fingerprint density at radius 3 is 2.59 bits per heavy atom. The largest absolute Gasteiger partial charge is 0.494 e. The van der Waals surface area contributed by atoms with Crippen LogP contribution in [-0.4, -0.2) is 57.6 Å². The van der Waals surface area contributed by atoms with Gasteiger partial charge in [-0.05, 0) is 25.1 Å².